The fourth-order valence-corrected chi connectivity index (χ4v) is 2.37. The van der Waals surface area contributed by atoms with E-state index < -0.39 is 17.9 Å². The summed E-state index contributed by atoms with van der Waals surface area (Å²) in [7, 11) is 0. The minimum atomic E-state index is -1.01. The molecule has 0 aromatic carbocycles. The zero-order valence-electron chi connectivity index (χ0n) is 11.6. The van der Waals surface area contributed by atoms with Crippen LogP contribution in [0.5, 0.6) is 0 Å². The average Bonchev–Trinajstić information content (AvgIpc) is 2.84. The lowest BCUT2D eigenvalue weighted by molar-refractivity contribution is -0.140. The van der Waals surface area contributed by atoms with Crippen LogP contribution in [0, 0.1) is 5.92 Å². The number of amides is 1. The van der Waals surface area contributed by atoms with E-state index in [2.05, 4.69) is 10.3 Å². The lowest BCUT2D eigenvalue weighted by atomic mass is 9.99. The van der Waals surface area contributed by atoms with Gasteiger partial charge < -0.3 is 10.4 Å². The van der Waals surface area contributed by atoms with Crippen LogP contribution in [0.4, 0.5) is 0 Å². The second-order valence-corrected chi connectivity index (χ2v) is 5.79. The maximum Gasteiger partial charge on any atom is 0.326 e. The topological polar surface area (TPSA) is 79.3 Å². The monoisotopic (exact) mass is 284 g/mol. The maximum atomic E-state index is 12.0. The molecule has 5 nitrogen and oxygen atoms in total. The van der Waals surface area contributed by atoms with Gasteiger partial charge >= 0.3 is 5.97 Å². The van der Waals surface area contributed by atoms with Crippen LogP contribution >= 0.6 is 11.3 Å². The Bertz CT molecular complexity index is 456. The molecule has 0 aliphatic rings. The van der Waals surface area contributed by atoms with Gasteiger partial charge in [-0.1, -0.05) is 34.1 Å². The highest BCUT2D eigenvalue weighted by Gasteiger charge is 2.26. The second-order valence-electron chi connectivity index (χ2n) is 4.90. The molecule has 0 aliphatic carbocycles. The van der Waals surface area contributed by atoms with E-state index in [1.165, 1.54) is 11.3 Å². The molecule has 0 radical (unpaired) electrons. The number of carbonyl (C=O) groups is 2. The number of aromatic nitrogens is 1. The van der Waals surface area contributed by atoms with Crippen molar-refractivity contribution in [1.82, 2.24) is 10.3 Å². The summed E-state index contributed by atoms with van der Waals surface area (Å²) in [4.78, 5) is 27.4. The van der Waals surface area contributed by atoms with Gasteiger partial charge in [0.1, 0.15) is 11.7 Å². The van der Waals surface area contributed by atoms with Crippen LogP contribution in [0.3, 0.4) is 0 Å². The van der Waals surface area contributed by atoms with Crippen molar-refractivity contribution in [3.05, 3.63) is 16.1 Å². The van der Waals surface area contributed by atoms with Crippen molar-refractivity contribution in [3.8, 4) is 0 Å². The molecule has 2 unspecified atom stereocenters. The number of carboxylic acids is 1. The zero-order chi connectivity index (χ0) is 14.6. The predicted octanol–water partition coefficient (Wildman–Crippen LogP) is 2.50. The van der Waals surface area contributed by atoms with Crippen LogP contribution in [0.15, 0.2) is 5.38 Å². The fraction of sp³-hybridized carbons (Fsp3) is 0.615. The maximum absolute atomic E-state index is 12.0. The smallest absolute Gasteiger partial charge is 0.326 e. The van der Waals surface area contributed by atoms with Gasteiger partial charge in [0.05, 0.1) is 5.01 Å². The third kappa shape index (κ3) is 4.02. The fourth-order valence-electron chi connectivity index (χ4n) is 1.56. The van der Waals surface area contributed by atoms with Gasteiger partial charge in [-0.05, 0) is 5.92 Å². The van der Waals surface area contributed by atoms with E-state index in [1.54, 1.807) is 12.3 Å². The number of rotatable bonds is 6. The number of thiazole rings is 1. The third-order valence-electron chi connectivity index (χ3n) is 3.01. The van der Waals surface area contributed by atoms with Crippen molar-refractivity contribution in [2.45, 2.75) is 46.1 Å². The Labute approximate surface area is 117 Å². The Morgan fingerprint density at radius 3 is 2.47 bits per heavy atom. The number of aliphatic carboxylic acids is 1. The highest BCUT2D eigenvalue weighted by molar-refractivity contribution is 7.09. The summed E-state index contributed by atoms with van der Waals surface area (Å²) in [5.41, 5.74) is 0.295. The minimum absolute atomic E-state index is 0.121. The Hall–Kier alpha value is -1.43. The van der Waals surface area contributed by atoms with Crippen LogP contribution in [0.2, 0.25) is 0 Å². The molecule has 106 valence electrons. The molecule has 1 heterocycles. The van der Waals surface area contributed by atoms with Gasteiger partial charge in [-0.3, -0.25) is 4.79 Å². The standard InChI is InChI=1S/C13H20N2O3S/c1-5-8(4)10(13(17)18)15-11(16)9-6-19-12(14-9)7(2)3/h6-8,10H,5H2,1-4H3,(H,15,16)(H,17,18). The Morgan fingerprint density at radius 1 is 1.42 bits per heavy atom. The van der Waals surface area contributed by atoms with Crippen molar-refractivity contribution in [2.24, 2.45) is 5.92 Å². The molecule has 0 spiro atoms. The van der Waals surface area contributed by atoms with E-state index in [9.17, 15) is 9.59 Å². The van der Waals surface area contributed by atoms with Crippen LogP contribution in [0.25, 0.3) is 0 Å². The lowest BCUT2D eigenvalue weighted by Crippen LogP contribution is -2.45. The SMILES string of the molecule is CCC(C)C(NC(=O)c1csc(C(C)C)n1)C(=O)O. The largest absolute Gasteiger partial charge is 0.480 e. The Kier molecular flexibility index (Phi) is 5.47. The first kappa shape index (κ1) is 15.6. The van der Waals surface area contributed by atoms with Crippen molar-refractivity contribution in [1.29, 1.82) is 0 Å². The van der Waals surface area contributed by atoms with Crippen LogP contribution in [-0.2, 0) is 4.79 Å². The first-order valence-corrected chi connectivity index (χ1v) is 7.23. The molecule has 1 amide bonds. The summed E-state index contributed by atoms with van der Waals surface area (Å²) in [5, 5.41) is 14.2. The van der Waals surface area contributed by atoms with Crippen molar-refractivity contribution in [3.63, 3.8) is 0 Å². The van der Waals surface area contributed by atoms with Gasteiger partial charge in [-0.15, -0.1) is 11.3 Å². The minimum Gasteiger partial charge on any atom is -0.480 e. The van der Waals surface area contributed by atoms with Crippen LogP contribution in [-0.4, -0.2) is 28.0 Å². The van der Waals surface area contributed by atoms with Gasteiger partial charge in [0.15, 0.2) is 0 Å². The van der Waals surface area contributed by atoms with E-state index in [1.807, 2.05) is 20.8 Å². The predicted molar refractivity (Wildman–Crippen MR) is 74.5 cm³/mol. The molecule has 2 atom stereocenters. The molecule has 0 aliphatic heterocycles. The highest BCUT2D eigenvalue weighted by atomic mass is 32.1. The van der Waals surface area contributed by atoms with E-state index in [4.69, 9.17) is 5.11 Å². The molecule has 0 saturated carbocycles. The van der Waals surface area contributed by atoms with E-state index in [0.29, 0.717) is 12.1 Å². The summed E-state index contributed by atoms with van der Waals surface area (Å²) >= 11 is 1.42. The molecule has 0 fully saturated rings. The van der Waals surface area contributed by atoms with E-state index in [-0.39, 0.29) is 11.8 Å². The summed E-state index contributed by atoms with van der Waals surface area (Å²) in [6, 6.07) is -0.873. The zero-order valence-corrected chi connectivity index (χ0v) is 12.5. The third-order valence-corrected chi connectivity index (χ3v) is 4.16. The number of nitrogens with zero attached hydrogens (tertiary/aromatic N) is 1. The number of hydrogen-bond acceptors (Lipinski definition) is 4. The molecule has 1 aromatic rings. The number of carboxylic acid groups (broad SMARTS) is 1. The molecule has 1 aromatic heterocycles. The quantitative estimate of drug-likeness (QED) is 0.841. The Balaban J connectivity index is 2.79. The molecule has 1 rings (SSSR count). The average molecular weight is 284 g/mol. The normalized spacial score (nSPS) is 14.2. The van der Waals surface area contributed by atoms with Gasteiger partial charge in [0.2, 0.25) is 0 Å². The van der Waals surface area contributed by atoms with Crippen LogP contribution < -0.4 is 5.32 Å². The Morgan fingerprint density at radius 2 is 2.05 bits per heavy atom. The molecule has 19 heavy (non-hydrogen) atoms. The van der Waals surface area contributed by atoms with E-state index >= 15 is 0 Å². The summed E-state index contributed by atoms with van der Waals surface area (Å²) < 4.78 is 0. The molecule has 0 saturated heterocycles. The summed E-state index contributed by atoms with van der Waals surface area (Å²) in [6.45, 7) is 7.70. The van der Waals surface area contributed by atoms with Gasteiger partial charge in [0, 0.05) is 11.3 Å². The number of nitrogens with one attached hydrogen (secondary N) is 1. The van der Waals surface area contributed by atoms with E-state index in [0.717, 1.165) is 5.01 Å². The lowest BCUT2D eigenvalue weighted by Gasteiger charge is -2.19. The van der Waals surface area contributed by atoms with Gasteiger partial charge in [-0.25, -0.2) is 9.78 Å². The highest BCUT2D eigenvalue weighted by Crippen LogP contribution is 2.19. The first-order valence-electron chi connectivity index (χ1n) is 6.35. The molecule has 6 heteroatoms. The number of hydrogen-bond donors (Lipinski definition) is 2. The summed E-state index contributed by atoms with van der Waals surface area (Å²) in [5.74, 6) is -1.29. The van der Waals surface area contributed by atoms with Gasteiger partial charge in [-0.2, -0.15) is 0 Å². The first-order chi connectivity index (χ1) is 8.86. The van der Waals surface area contributed by atoms with Crippen molar-refractivity contribution < 1.29 is 14.7 Å². The van der Waals surface area contributed by atoms with Crippen LogP contribution in [0.1, 0.15) is 55.5 Å². The molecule has 2 N–H and O–H groups in total. The summed E-state index contributed by atoms with van der Waals surface area (Å²) in [6.07, 6.45) is 0.686. The van der Waals surface area contributed by atoms with Crippen molar-refractivity contribution in [2.75, 3.05) is 0 Å². The molecular formula is C13H20N2O3S. The van der Waals surface area contributed by atoms with Crippen molar-refractivity contribution >= 4 is 23.2 Å². The molecular weight excluding hydrogens is 264 g/mol. The number of carbonyl (C=O) groups excluding carboxylic acids is 1. The van der Waals surface area contributed by atoms with Gasteiger partial charge in [0.25, 0.3) is 5.91 Å². The second kappa shape index (κ2) is 6.65. The molecule has 0 bridgehead atoms.